The van der Waals surface area contributed by atoms with E-state index in [9.17, 15) is 14.7 Å². The van der Waals surface area contributed by atoms with Gasteiger partial charge in [0.05, 0.1) is 12.0 Å². The van der Waals surface area contributed by atoms with Crippen LogP contribution in [-0.4, -0.2) is 33.7 Å². The second-order valence-electron chi connectivity index (χ2n) is 3.86. The van der Waals surface area contributed by atoms with Gasteiger partial charge < -0.3 is 15.5 Å². The monoisotopic (exact) mass is 203 g/mol. The van der Waals surface area contributed by atoms with E-state index in [2.05, 4.69) is 5.32 Å². The van der Waals surface area contributed by atoms with Crippen LogP contribution in [0.3, 0.4) is 0 Å². The third-order valence-corrected chi connectivity index (χ3v) is 1.63. The number of hydrogen-bond donors (Lipinski definition) is 3. The molecule has 0 heterocycles. The molecule has 0 aromatic heterocycles. The molecule has 1 amide bonds. The number of aliphatic carboxylic acids is 1. The summed E-state index contributed by atoms with van der Waals surface area (Å²) in [6.07, 6.45) is 0.226. The van der Waals surface area contributed by atoms with Crippen LogP contribution in [0.5, 0.6) is 0 Å². The first-order valence-corrected chi connectivity index (χ1v) is 4.51. The van der Waals surface area contributed by atoms with Crippen molar-refractivity contribution in [3.05, 3.63) is 0 Å². The largest absolute Gasteiger partial charge is 0.480 e. The van der Waals surface area contributed by atoms with Gasteiger partial charge in [-0.25, -0.2) is 4.79 Å². The molecule has 0 bridgehead atoms. The molecule has 1 unspecified atom stereocenters. The van der Waals surface area contributed by atoms with Gasteiger partial charge in [0, 0.05) is 0 Å². The van der Waals surface area contributed by atoms with E-state index in [1.54, 1.807) is 6.92 Å². The maximum atomic E-state index is 11.2. The van der Waals surface area contributed by atoms with Crippen molar-refractivity contribution < 1.29 is 19.8 Å². The van der Waals surface area contributed by atoms with E-state index in [0.29, 0.717) is 6.42 Å². The normalized spacial score (nSPS) is 13.4. The predicted molar refractivity (Wildman–Crippen MR) is 50.8 cm³/mol. The van der Waals surface area contributed by atoms with E-state index in [4.69, 9.17) is 5.11 Å². The molecule has 3 N–H and O–H groups in total. The second-order valence-corrected chi connectivity index (χ2v) is 3.86. The molecule has 0 rings (SSSR count). The van der Waals surface area contributed by atoms with E-state index in [1.807, 2.05) is 0 Å². The fraction of sp³-hybridized carbons (Fsp3) is 0.778. The van der Waals surface area contributed by atoms with Crippen LogP contribution in [0.15, 0.2) is 0 Å². The van der Waals surface area contributed by atoms with Gasteiger partial charge in [0.25, 0.3) is 0 Å². The molecule has 0 saturated heterocycles. The van der Waals surface area contributed by atoms with Gasteiger partial charge in [-0.1, -0.05) is 6.92 Å². The van der Waals surface area contributed by atoms with Gasteiger partial charge in [-0.3, -0.25) is 4.79 Å². The van der Waals surface area contributed by atoms with Crippen molar-refractivity contribution in [2.75, 3.05) is 0 Å². The van der Waals surface area contributed by atoms with Gasteiger partial charge >= 0.3 is 5.97 Å². The molecule has 0 fully saturated rings. The fourth-order valence-electron chi connectivity index (χ4n) is 0.977. The van der Waals surface area contributed by atoms with Crippen molar-refractivity contribution in [2.45, 2.75) is 45.3 Å². The zero-order chi connectivity index (χ0) is 11.4. The third-order valence-electron chi connectivity index (χ3n) is 1.63. The summed E-state index contributed by atoms with van der Waals surface area (Å²) in [6.45, 7) is 4.66. The summed E-state index contributed by atoms with van der Waals surface area (Å²) < 4.78 is 0. The van der Waals surface area contributed by atoms with E-state index in [0.717, 1.165) is 0 Å². The molecule has 0 saturated carbocycles. The minimum absolute atomic E-state index is 0.100. The summed E-state index contributed by atoms with van der Waals surface area (Å²) in [5.41, 5.74) is -1.11. The van der Waals surface area contributed by atoms with Gasteiger partial charge in [0.1, 0.15) is 6.04 Å². The van der Waals surface area contributed by atoms with Crippen LogP contribution in [0.2, 0.25) is 0 Å². The van der Waals surface area contributed by atoms with Gasteiger partial charge in [0.2, 0.25) is 5.91 Å². The number of rotatable bonds is 5. The molecule has 0 aromatic rings. The summed E-state index contributed by atoms with van der Waals surface area (Å²) in [6, 6.07) is -0.871. The first-order chi connectivity index (χ1) is 6.26. The molecule has 0 aliphatic carbocycles. The Hall–Kier alpha value is -1.10. The van der Waals surface area contributed by atoms with Gasteiger partial charge in [-0.15, -0.1) is 0 Å². The quantitative estimate of drug-likeness (QED) is 0.592. The molecule has 1 atom stereocenters. The fourth-order valence-corrected chi connectivity index (χ4v) is 0.977. The average Bonchev–Trinajstić information content (AvgIpc) is 1.96. The molecule has 82 valence electrons. The molecule has 0 radical (unpaired) electrons. The lowest BCUT2D eigenvalue weighted by atomic mass is 10.0. The number of aliphatic hydroxyl groups is 1. The molecular weight excluding hydrogens is 186 g/mol. The summed E-state index contributed by atoms with van der Waals surface area (Å²) in [5.74, 6) is -1.51. The van der Waals surface area contributed by atoms with Crippen molar-refractivity contribution in [2.24, 2.45) is 0 Å². The van der Waals surface area contributed by atoms with Crippen molar-refractivity contribution in [1.29, 1.82) is 0 Å². The number of carbonyl (C=O) groups is 2. The van der Waals surface area contributed by atoms with Crippen molar-refractivity contribution in [3.8, 4) is 0 Å². The highest BCUT2D eigenvalue weighted by molar-refractivity contribution is 5.83. The number of carboxylic acids is 1. The highest BCUT2D eigenvalue weighted by Crippen LogP contribution is 2.06. The molecule has 14 heavy (non-hydrogen) atoms. The van der Waals surface area contributed by atoms with Gasteiger partial charge in [-0.05, 0) is 20.3 Å². The summed E-state index contributed by atoms with van der Waals surface area (Å²) in [5, 5.41) is 20.3. The number of amides is 1. The van der Waals surface area contributed by atoms with E-state index in [-0.39, 0.29) is 6.42 Å². The summed E-state index contributed by atoms with van der Waals surface area (Å²) in [4.78, 5) is 21.8. The second kappa shape index (κ2) is 4.95. The van der Waals surface area contributed by atoms with Crippen LogP contribution in [0.1, 0.15) is 33.6 Å². The highest BCUT2D eigenvalue weighted by atomic mass is 16.4. The average molecular weight is 203 g/mol. The summed E-state index contributed by atoms with van der Waals surface area (Å²) >= 11 is 0. The van der Waals surface area contributed by atoms with Crippen LogP contribution in [0.4, 0.5) is 0 Å². The standard InChI is InChI=1S/C9H17NO4/c1-4-6(8(12)13)10-7(11)5-9(2,3)14/h6,14H,4-5H2,1-3H3,(H,10,11)(H,12,13). The Bertz CT molecular complexity index is 219. The highest BCUT2D eigenvalue weighted by Gasteiger charge is 2.22. The van der Waals surface area contributed by atoms with Crippen LogP contribution in [0, 0.1) is 0 Å². The predicted octanol–water partition coefficient (Wildman–Crippen LogP) is 0.127. The molecular formula is C9H17NO4. The smallest absolute Gasteiger partial charge is 0.326 e. The van der Waals surface area contributed by atoms with E-state index < -0.39 is 23.5 Å². The van der Waals surface area contributed by atoms with Crippen LogP contribution < -0.4 is 5.32 Å². The Morgan fingerprint density at radius 2 is 1.93 bits per heavy atom. The van der Waals surface area contributed by atoms with E-state index >= 15 is 0 Å². The SMILES string of the molecule is CCC(NC(=O)CC(C)(C)O)C(=O)O. The molecule has 0 aliphatic rings. The molecule has 5 heteroatoms. The Morgan fingerprint density at radius 1 is 1.43 bits per heavy atom. The third kappa shape index (κ3) is 5.53. The molecule has 5 nitrogen and oxygen atoms in total. The van der Waals surface area contributed by atoms with Gasteiger partial charge in [-0.2, -0.15) is 0 Å². The Morgan fingerprint density at radius 3 is 2.21 bits per heavy atom. The minimum atomic E-state index is -1.11. The van der Waals surface area contributed by atoms with E-state index in [1.165, 1.54) is 13.8 Å². The Kier molecular flexibility index (Phi) is 4.56. The molecule has 0 spiro atoms. The zero-order valence-electron chi connectivity index (χ0n) is 8.70. The first-order valence-electron chi connectivity index (χ1n) is 4.51. The number of carbonyl (C=O) groups excluding carboxylic acids is 1. The maximum Gasteiger partial charge on any atom is 0.326 e. The topological polar surface area (TPSA) is 86.6 Å². The molecule has 0 aliphatic heterocycles. The number of nitrogens with one attached hydrogen (secondary N) is 1. The van der Waals surface area contributed by atoms with Crippen LogP contribution in [-0.2, 0) is 9.59 Å². The number of carboxylic acid groups (broad SMARTS) is 1. The van der Waals surface area contributed by atoms with Crippen molar-refractivity contribution >= 4 is 11.9 Å². The van der Waals surface area contributed by atoms with Crippen molar-refractivity contribution in [3.63, 3.8) is 0 Å². The first kappa shape index (κ1) is 12.9. The Labute approximate surface area is 83.1 Å². The van der Waals surface area contributed by atoms with Crippen LogP contribution in [0.25, 0.3) is 0 Å². The Balaban J connectivity index is 4.11. The lowest BCUT2D eigenvalue weighted by molar-refractivity contribution is -0.142. The molecule has 0 aromatic carbocycles. The van der Waals surface area contributed by atoms with Crippen LogP contribution >= 0.6 is 0 Å². The lowest BCUT2D eigenvalue weighted by Crippen LogP contribution is -2.42. The van der Waals surface area contributed by atoms with Crippen molar-refractivity contribution in [1.82, 2.24) is 5.32 Å². The van der Waals surface area contributed by atoms with Gasteiger partial charge in [0.15, 0.2) is 0 Å². The zero-order valence-corrected chi connectivity index (χ0v) is 8.70. The maximum absolute atomic E-state index is 11.2. The number of hydrogen-bond acceptors (Lipinski definition) is 3. The summed E-state index contributed by atoms with van der Waals surface area (Å²) in [7, 11) is 0. The lowest BCUT2D eigenvalue weighted by Gasteiger charge is -2.18. The minimum Gasteiger partial charge on any atom is -0.480 e.